The molecule has 3 rings (SSSR count). The molecule has 1 unspecified atom stereocenters. The van der Waals surface area contributed by atoms with Crippen LogP contribution in [-0.2, 0) is 12.8 Å². The second kappa shape index (κ2) is 8.97. The maximum Gasteiger partial charge on any atom is 0.275 e. The van der Waals surface area contributed by atoms with Gasteiger partial charge in [0.1, 0.15) is 0 Å². The molecule has 2 saturated heterocycles. The van der Waals surface area contributed by atoms with E-state index < -0.39 is 12.0 Å². The average molecular weight is 380 g/mol. The highest BCUT2D eigenvalue weighted by Gasteiger charge is 2.47. The molecule has 2 aliphatic heterocycles. The molecule has 0 aromatic heterocycles. The number of piperazine rings is 1. The minimum absolute atomic E-state index is 0.102. The van der Waals surface area contributed by atoms with E-state index in [1.54, 1.807) is 0 Å². The molecule has 1 atom stereocenters. The van der Waals surface area contributed by atoms with Crippen molar-refractivity contribution >= 4 is 0 Å². The Hall–Kier alpha value is -1.04. The highest BCUT2D eigenvalue weighted by atomic mass is 19.3. The van der Waals surface area contributed by atoms with Crippen molar-refractivity contribution in [3.05, 3.63) is 35.4 Å². The normalized spacial score (nSPS) is 25.2. The van der Waals surface area contributed by atoms with Gasteiger partial charge in [-0.05, 0) is 44.2 Å². The zero-order valence-corrected chi connectivity index (χ0v) is 17.1. The van der Waals surface area contributed by atoms with E-state index in [0.717, 1.165) is 52.1 Å². The number of piperidine rings is 1. The fourth-order valence-corrected chi connectivity index (χ4v) is 4.43. The molecule has 2 fully saturated rings. The van der Waals surface area contributed by atoms with Crippen LogP contribution in [-0.4, -0.2) is 78.5 Å². The number of hydrogen-bond donors (Lipinski definition) is 0. The number of halogens is 2. The standard InChI is InChI=1S/C22H35F2N3/c1-4-19-5-7-20(8-6-19)9-11-25-12-10-21(22(23,24)17-25)27-15-13-26(14-16-27)18(2)3/h5-8,18,21H,4,9-17H2,1-3H3. The summed E-state index contributed by atoms with van der Waals surface area (Å²) in [5, 5.41) is 0. The number of nitrogens with zero attached hydrogens (tertiary/aromatic N) is 3. The first kappa shape index (κ1) is 20.7. The lowest BCUT2D eigenvalue weighted by Crippen LogP contribution is -2.62. The Balaban J connectivity index is 1.49. The zero-order valence-electron chi connectivity index (χ0n) is 17.1. The van der Waals surface area contributed by atoms with Crippen molar-refractivity contribution in [3.8, 4) is 0 Å². The van der Waals surface area contributed by atoms with Crippen LogP contribution in [0.3, 0.4) is 0 Å². The largest absolute Gasteiger partial charge is 0.298 e. The van der Waals surface area contributed by atoms with E-state index in [2.05, 4.69) is 49.9 Å². The SMILES string of the molecule is CCc1ccc(CCN2CCC(N3CCN(C(C)C)CC3)C(F)(F)C2)cc1. The monoisotopic (exact) mass is 379 g/mol. The molecule has 0 N–H and O–H groups in total. The summed E-state index contributed by atoms with van der Waals surface area (Å²) in [5.74, 6) is -2.62. The highest BCUT2D eigenvalue weighted by Crippen LogP contribution is 2.32. The number of aryl methyl sites for hydroxylation is 1. The summed E-state index contributed by atoms with van der Waals surface area (Å²) in [7, 11) is 0. The first-order chi connectivity index (χ1) is 12.9. The maximum absolute atomic E-state index is 14.9. The quantitative estimate of drug-likeness (QED) is 0.749. The molecule has 27 heavy (non-hydrogen) atoms. The van der Waals surface area contributed by atoms with Crippen molar-refractivity contribution in [2.45, 2.75) is 58.0 Å². The lowest BCUT2D eigenvalue weighted by atomic mass is 9.97. The molecular weight excluding hydrogens is 344 g/mol. The van der Waals surface area contributed by atoms with Crippen molar-refractivity contribution in [2.24, 2.45) is 0 Å². The maximum atomic E-state index is 14.9. The topological polar surface area (TPSA) is 9.72 Å². The Labute approximate surface area is 163 Å². The molecule has 1 aromatic rings. The first-order valence-corrected chi connectivity index (χ1v) is 10.5. The molecule has 0 saturated carbocycles. The van der Waals surface area contributed by atoms with E-state index in [1.807, 2.05) is 9.80 Å². The molecule has 152 valence electrons. The Morgan fingerprint density at radius 3 is 2.19 bits per heavy atom. The van der Waals surface area contributed by atoms with Gasteiger partial charge in [-0.3, -0.25) is 14.7 Å². The Morgan fingerprint density at radius 1 is 1.00 bits per heavy atom. The predicted molar refractivity (Wildman–Crippen MR) is 108 cm³/mol. The van der Waals surface area contributed by atoms with Crippen molar-refractivity contribution in [1.82, 2.24) is 14.7 Å². The zero-order chi connectivity index (χ0) is 19.4. The van der Waals surface area contributed by atoms with Crippen LogP contribution in [0.15, 0.2) is 24.3 Å². The van der Waals surface area contributed by atoms with E-state index in [4.69, 9.17) is 0 Å². The first-order valence-electron chi connectivity index (χ1n) is 10.5. The molecule has 1 aromatic carbocycles. The fraction of sp³-hybridized carbons (Fsp3) is 0.727. The summed E-state index contributed by atoms with van der Waals surface area (Å²) in [6.07, 6.45) is 2.45. The highest BCUT2D eigenvalue weighted by molar-refractivity contribution is 5.22. The van der Waals surface area contributed by atoms with Crippen LogP contribution >= 0.6 is 0 Å². The van der Waals surface area contributed by atoms with Gasteiger partial charge in [0, 0.05) is 45.3 Å². The van der Waals surface area contributed by atoms with E-state index in [-0.39, 0.29) is 6.54 Å². The van der Waals surface area contributed by atoms with Gasteiger partial charge >= 0.3 is 0 Å². The Bertz CT molecular complexity index is 580. The van der Waals surface area contributed by atoms with Gasteiger partial charge in [-0.2, -0.15) is 0 Å². The molecule has 0 spiro atoms. The van der Waals surface area contributed by atoms with Crippen molar-refractivity contribution in [1.29, 1.82) is 0 Å². The molecule has 2 aliphatic rings. The van der Waals surface area contributed by atoms with E-state index in [9.17, 15) is 8.78 Å². The second-order valence-corrected chi connectivity index (χ2v) is 8.43. The van der Waals surface area contributed by atoms with Gasteiger partial charge in [0.2, 0.25) is 0 Å². The molecule has 3 nitrogen and oxygen atoms in total. The summed E-state index contributed by atoms with van der Waals surface area (Å²) in [5.41, 5.74) is 2.56. The molecule has 0 aliphatic carbocycles. The van der Waals surface area contributed by atoms with Gasteiger partial charge in [-0.25, -0.2) is 8.78 Å². The van der Waals surface area contributed by atoms with Crippen LogP contribution in [0.4, 0.5) is 8.78 Å². The number of benzene rings is 1. The summed E-state index contributed by atoms with van der Waals surface area (Å²) in [6, 6.07) is 8.48. The molecule has 5 heteroatoms. The van der Waals surface area contributed by atoms with E-state index in [1.165, 1.54) is 11.1 Å². The fourth-order valence-electron chi connectivity index (χ4n) is 4.43. The summed E-state index contributed by atoms with van der Waals surface area (Å²) in [6.45, 7) is 11.2. The molecular formula is C22H35F2N3. The Morgan fingerprint density at radius 2 is 1.63 bits per heavy atom. The predicted octanol–water partition coefficient (Wildman–Crippen LogP) is 3.53. The molecule has 0 bridgehead atoms. The Kier molecular flexibility index (Phi) is 6.88. The number of hydrogen-bond acceptors (Lipinski definition) is 3. The van der Waals surface area contributed by atoms with Crippen LogP contribution in [0.25, 0.3) is 0 Å². The third-order valence-electron chi connectivity index (χ3n) is 6.31. The van der Waals surface area contributed by atoms with E-state index >= 15 is 0 Å². The smallest absolute Gasteiger partial charge is 0.275 e. The lowest BCUT2D eigenvalue weighted by Gasteiger charge is -2.47. The van der Waals surface area contributed by atoms with Crippen molar-refractivity contribution in [3.63, 3.8) is 0 Å². The second-order valence-electron chi connectivity index (χ2n) is 8.43. The minimum atomic E-state index is -2.62. The van der Waals surface area contributed by atoms with Crippen molar-refractivity contribution < 1.29 is 8.78 Å². The molecule has 0 amide bonds. The number of rotatable bonds is 6. The summed E-state index contributed by atoms with van der Waals surface area (Å²) in [4.78, 5) is 6.38. The third-order valence-corrected chi connectivity index (χ3v) is 6.31. The van der Waals surface area contributed by atoms with Crippen LogP contribution < -0.4 is 0 Å². The van der Waals surface area contributed by atoms with Gasteiger partial charge < -0.3 is 0 Å². The molecule has 0 radical (unpaired) electrons. The van der Waals surface area contributed by atoms with Crippen LogP contribution in [0.5, 0.6) is 0 Å². The minimum Gasteiger partial charge on any atom is -0.298 e. The van der Waals surface area contributed by atoms with Gasteiger partial charge in [0.25, 0.3) is 5.92 Å². The summed E-state index contributed by atoms with van der Waals surface area (Å²) < 4.78 is 29.8. The van der Waals surface area contributed by atoms with Crippen LogP contribution in [0.2, 0.25) is 0 Å². The van der Waals surface area contributed by atoms with Crippen LogP contribution in [0, 0.1) is 0 Å². The van der Waals surface area contributed by atoms with E-state index in [0.29, 0.717) is 12.5 Å². The van der Waals surface area contributed by atoms with Crippen LogP contribution in [0.1, 0.15) is 38.3 Å². The van der Waals surface area contributed by atoms with Gasteiger partial charge in [0.05, 0.1) is 12.6 Å². The average Bonchev–Trinajstić information content (AvgIpc) is 2.66. The van der Waals surface area contributed by atoms with Gasteiger partial charge in [-0.15, -0.1) is 0 Å². The van der Waals surface area contributed by atoms with Gasteiger partial charge in [-0.1, -0.05) is 31.2 Å². The lowest BCUT2D eigenvalue weighted by molar-refractivity contribution is -0.134. The summed E-state index contributed by atoms with van der Waals surface area (Å²) >= 11 is 0. The number of likely N-dealkylation sites (tertiary alicyclic amines) is 1. The third kappa shape index (κ3) is 5.27. The van der Waals surface area contributed by atoms with Gasteiger partial charge in [0.15, 0.2) is 0 Å². The van der Waals surface area contributed by atoms with Crippen molar-refractivity contribution in [2.75, 3.05) is 45.8 Å². The number of alkyl halides is 2. The molecule has 2 heterocycles.